The average Bonchev–Trinajstić information content (AvgIpc) is 3.05. The molecule has 0 fully saturated rings. The Labute approximate surface area is 191 Å². The highest BCUT2D eigenvalue weighted by molar-refractivity contribution is 5.37. The van der Waals surface area contributed by atoms with Crippen molar-refractivity contribution < 1.29 is 14.6 Å². The molecule has 4 nitrogen and oxygen atoms in total. The van der Waals surface area contributed by atoms with Crippen molar-refractivity contribution in [2.75, 3.05) is 20.3 Å². The number of methoxy groups -OCH3 is 1. The maximum absolute atomic E-state index is 10.9. The lowest BCUT2D eigenvalue weighted by Gasteiger charge is -2.33. The first kappa shape index (κ1) is 22.4. The molecule has 0 amide bonds. The van der Waals surface area contributed by atoms with Gasteiger partial charge >= 0.3 is 0 Å². The molecule has 4 rings (SSSR count). The summed E-state index contributed by atoms with van der Waals surface area (Å²) in [7, 11) is 1.72. The maximum Gasteiger partial charge on any atom is 0.119 e. The van der Waals surface area contributed by atoms with Crippen LogP contribution in [0.3, 0.4) is 0 Å². The molecular weight excluding hydrogens is 398 g/mol. The topological polar surface area (TPSA) is 41.9 Å². The van der Waals surface area contributed by atoms with Gasteiger partial charge in [-0.1, -0.05) is 54.6 Å². The summed E-state index contributed by atoms with van der Waals surface area (Å²) in [4.78, 5) is 2.43. The third-order valence-electron chi connectivity index (χ3n) is 6.23. The Kier molecular flexibility index (Phi) is 7.81. The van der Waals surface area contributed by atoms with Crippen molar-refractivity contribution in [1.29, 1.82) is 0 Å². The minimum atomic E-state index is -0.563. The zero-order chi connectivity index (χ0) is 22.2. The molecule has 32 heavy (non-hydrogen) atoms. The molecule has 0 spiro atoms. The molecule has 168 valence electrons. The number of fused-ring (bicyclic) bond motifs is 1. The first-order valence-electron chi connectivity index (χ1n) is 11.5. The van der Waals surface area contributed by atoms with E-state index in [4.69, 9.17) is 9.47 Å². The lowest BCUT2D eigenvalue weighted by Crippen LogP contribution is -2.42. The monoisotopic (exact) mass is 431 g/mol. The van der Waals surface area contributed by atoms with Crippen LogP contribution in [0.15, 0.2) is 78.9 Å². The summed E-state index contributed by atoms with van der Waals surface area (Å²) in [5, 5.41) is 10.9. The Morgan fingerprint density at radius 1 is 0.938 bits per heavy atom. The van der Waals surface area contributed by atoms with Crippen molar-refractivity contribution in [1.82, 2.24) is 4.90 Å². The van der Waals surface area contributed by atoms with Crippen LogP contribution in [0.1, 0.15) is 29.5 Å². The Hall–Kier alpha value is -2.82. The number of ether oxygens (including phenoxy) is 2. The van der Waals surface area contributed by atoms with Gasteiger partial charge in [0.25, 0.3) is 0 Å². The highest BCUT2D eigenvalue weighted by Crippen LogP contribution is 2.28. The molecule has 3 aromatic rings. The molecule has 0 radical (unpaired) electrons. The minimum absolute atomic E-state index is 0.284. The number of hydrogen-bond acceptors (Lipinski definition) is 4. The Morgan fingerprint density at radius 2 is 1.69 bits per heavy atom. The van der Waals surface area contributed by atoms with Crippen LogP contribution in [-0.2, 0) is 19.4 Å². The van der Waals surface area contributed by atoms with Crippen LogP contribution in [0.5, 0.6) is 11.5 Å². The molecule has 2 unspecified atom stereocenters. The first-order valence-corrected chi connectivity index (χ1v) is 11.5. The lowest BCUT2D eigenvalue weighted by molar-refractivity contribution is 0.0463. The van der Waals surface area contributed by atoms with E-state index in [0.717, 1.165) is 43.7 Å². The number of aliphatic hydroxyl groups excluding tert-OH is 1. The van der Waals surface area contributed by atoms with Gasteiger partial charge in [0, 0.05) is 19.1 Å². The van der Waals surface area contributed by atoms with E-state index in [-0.39, 0.29) is 6.61 Å². The Balaban J connectivity index is 1.49. The molecule has 0 bridgehead atoms. The lowest BCUT2D eigenvalue weighted by atomic mass is 10.00. The van der Waals surface area contributed by atoms with E-state index in [9.17, 15) is 5.11 Å². The highest BCUT2D eigenvalue weighted by atomic mass is 16.5. The van der Waals surface area contributed by atoms with Gasteiger partial charge in [-0.2, -0.15) is 0 Å². The van der Waals surface area contributed by atoms with Gasteiger partial charge in [0.2, 0.25) is 0 Å². The zero-order valence-electron chi connectivity index (χ0n) is 18.8. The van der Waals surface area contributed by atoms with Gasteiger partial charge in [-0.25, -0.2) is 0 Å². The van der Waals surface area contributed by atoms with Gasteiger partial charge in [-0.3, -0.25) is 4.90 Å². The third-order valence-corrected chi connectivity index (χ3v) is 6.23. The molecule has 1 aliphatic carbocycles. The fraction of sp³-hybridized carbons (Fsp3) is 0.357. The van der Waals surface area contributed by atoms with Crippen LogP contribution < -0.4 is 9.47 Å². The molecule has 1 N–H and O–H groups in total. The number of para-hydroxylation sites is 1. The minimum Gasteiger partial charge on any atom is -0.497 e. The zero-order valence-corrected chi connectivity index (χ0v) is 18.8. The summed E-state index contributed by atoms with van der Waals surface area (Å²) in [6, 6.07) is 27.0. The van der Waals surface area contributed by atoms with Gasteiger partial charge in [0.05, 0.1) is 7.11 Å². The Morgan fingerprint density at radius 3 is 2.44 bits per heavy atom. The van der Waals surface area contributed by atoms with Crippen molar-refractivity contribution in [3.63, 3.8) is 0 Å². The number of benzene rings is 3. The van der Waals surface area contributed by atoms with E-state index in [1.54, 1.807) is 7.11 Å². The van der Waals surface area contributed by atoms with E-state index >= 15 is 0 Å². The van der Waals surface area contributed by atoms with Crippen LogP contribution in [0.4, 0.5) is 0 Å². The van der Waals surface area contributed by atoms with Gasteiger partial charge in [0.15, 0.2) is 0 Å². The summed E-state index contributed by atoms with van der Waals surface area (Å²) < 4.78 is 11.3. The van der Waals surface area contributed by atoms with Crippen LogP contribution in [0.25, 0.3) is 0 Å². The first-order chi connectivity index (χ1) is 15.7. The second-order valence-corrected chi connectivity index (χ2v) is 8.58. The van der Waals surface area contributed by atoms with Gasteiger partial charge in [-0.05, 0) is 66.6 Å². The fourth-order valence-electron chi connectivity index (χ4n) is 4.55. The van der Waals surface area contributed by atoms with Gasteiger partial charge < -0.3 is 14.6 Å². The van der Waals surface area contributed by atoms with Crippen molar-refractivity contribution in [2.45, 2.75) is 44.4 Å². The van der Waals surface area contributed by atoms with E-state index in [1.165, 1.54) is 16.7 Å². The second kappa shape index (κ2) is 11.2. The number of aliphatic hydroxyl groups is 1. The van der Waals surface area contributed by atoms with Gasteiger partial charge in [0.1, 0.15) is 24.2 Å². The number of nitrogens with zero attached hydrogens (tertiary/aromatic N) is 1. The van der Waals surface area contributed by atoms with Crippen molar-refractivity contribution in [2.24, 2.45) is 0 Å². The Bertz CT molecular complexity index is 961. The predicted octanol–water partition coefficient (Wildman–Crippen LogP) is 4.88. The second-order valence-electron chi connectivity index (χ2n) is 8.58. The molecule has 1 aliphatic rings. The average molecular weight is 432 g/mol. The molecule has 3 aromatic carbocycles. The molecule has 0 heterocycles. The van der Waals surface area contributed by atoms with E-state index in [2.05, 4.69) is 47.4 Å². The van der Waals surface area contributed by atoms with E-state index < -0.39 is 6.10 Å². The smallest absolute Gasteiger partial charge is 0.119 e. The van der Waals surface area contributed by atoms with E-state index in [1.807, 2.05) is 36.4 Å². The highest BCUT2D eigenvalue weighted by Gasteiger charge is 2.25. The normalized spacial score (nSPS) is 16.8. The van der Waals surface area contributed by atoms with E-state index in [0.29, 0.717) is 12.6 Å². The number of aryl methyl sites for hydroxylation is 1. The summed E-state index contributed by atoms with van der Waals surface area (Å²) >= 11 is 0. The SMILES string of the molecule is COc1ccc2c(c1)CC(N(Cc1ccccc1)CC(O)COc1ccccc1)CCC2. The van der Waals surface area contributed by atoms with Crippen molar-refractivity contribution >= 4 is 0 Å². The third kappa shape index (κ3) is 6.12. The van der Waals surface area contributed by atoms with Crippen molar-refractivity contribution in [3.8, 4) is 11.5 Å². The number of hydrogen-bond donors (Lipinski definition) is 1. The molecule has 2 atom stereocenters. The molecular formula is C28H33NO3. The predicted molar refractivity (Wildman–Crippen MR) is 128 cm³/mol. The van der Waals surface area contributed by atoms with Crippen LogP contribution in [-0.4, -0.2) is 42.4 Å². The van der Waals surface area contributed by atoms with Crippen molar-refractivity contribution in [3.05, 3.63) is 95.6 Å². The molecule has 4 heteroatoms. The van der Waals surface area contributed by atoms with Crippen LogP contribution in [0, 0.1) is 0 Å². The standard InChI is InChI=1S/C28H33NO3/c1-31-28-16-15-23-11-8-12-25(17-24(23)18-28)29(19-22-9-4-2-5-10-22)20-26(30)21-32-27-13-6-3-7-14-27/h2-7,9-10,13-16,18,25-26,30H,8,11-12,17,19-21H2,1H3. The molecule has 0 aromatic heterocycles. The molecule has 0 saturated heterocycles. The quantitative estimate of drug-likeness (QED) is 0.490. The summed E-state index contributed by atoms with van der Waals surface area (Å²) in [6.45, 7) is 1.67. The summed E-state index contributed by atoms with van der Waals surface area (Å²) in [5.74, 6) is 1.70. The number of rotatable bonds is 9. The summed E-state index contributed by atoms with van der Waals surface area (Å²) in [5.41, 5.74) is 4.04. The fourth-order valence-corrected chi connectivity index (χ4v) is 4.55. The van der Waals surface area contributed by atoms with Crippen LogP contribution in [0.2, 0.25) is 0 Å². The largest absolute Gasteiger partial charge is 0.497 e. The molecule has 0 aliphatic heterocycles. The maximum atomic E-state index is 10.9. The van der Waals surface area contributed by atoms with Gasteiger partial charge in [-0.15, -0.1) is 0 Å². The molecule has 0 saturated carbocycles. The van der Waals surface area contributed by atoms with Crippen LogP contribution >= 0.6 is 0 Å². The summed E-state index contributed by atoms with van der Waals surface area (Å²) in [6.07, 6.45) is 3.74.